The van der Waals surface area contributed by atoms with Gasteiger partial charge in [0.15, 0.2) is 0 Å². The van der Waals surface area contributed by atoms with Crippen LogP contribution < -0.4 is 0 Å². The summed E-state index contributed by atoms with van der Waals surface area (Å²) in [4.78, 5) is 18.6. The molecule has 82 valence electrons. The van der Waals surface area contributed by atoms with Gasteiger partial charge in [-0.15, -0.1) is 0 Å². The minimum Gasteiger partial charge on any atom is -0.481 e. The molecule has 1 aromatic carbocycles. The van der Waals surface area contributed by atoms with Gasteiger partial charge in [0.2, 0.25) is 0 Å². The van der Waals surface area contributed by atoms with Crippen molar-refractivity contribution in [2.75, 3.05) is 0 Å². The Morgan fingerprint density at radius 3 is 2.88 bits per heavy atom. The molecule has 1 atom stereocenters. The van der Waals surface area contributed by atoms with E-state index >= 15 is 0 Å². The van der Waals surface area contributed by atoms with Crippen LogP contribution in [0.1, 0.15) is 18.5 Å². The lowest BCUT2D eigenvalue weighted by Gasteiger charge is -2.08. The molecule has 2 rings (SSSR count). The molecule has 0 fully saturated rings. The second-order valence-corrected chi connectivity index (χ2v) is 3.45. The molecule has 1 heterocycles. The molecule has 0 radical (unpaired) electrons. The summed E-state index contributed by atoms with van der Waals surface area (Å²) in [5, 5.41) is 9.35. The zero-order chi connectivity index (χ0) is 11.7. The van der Waals surface area contributed by atoms with Gasteiger partial charge in [-0.1, -0.05) is 12.1 Å². The number of hydrogen-bond donors (Lipinski definition) is 1. The summed E-state index contributed by atoms with van der Waals surface area (Å²) in [5.41, 5.74) is 0.484. The lowest BCUT2D eigenvalue weighted by molar-refractivity contribution is -0.138. The Morgan fingerprint density at radius 2 is 2.19 bits per heavy atom. The van der Waals surface area contributed by atoms with Gasteiger partial charge < -0.3 is 5.11 Å². The van der Waals surface area contributed by atoms with Crippen LogP contribution in [-0.4, -0.2) is 21.0 Å². The Hall–Kier alpha value is -2.04. The second kappa shape index (κ2) is 3.84. The number of carboxylic acid groups (broad SMARTS) is 1. The number of carboxylic acids is 1. The van der Waals surface area contributed by atoms with Crippen molar-refractivity contribution < 1.29 is 14.3 Å². The maximum Gasteiger partial charge on any atom is 0.312 e. The summed E-state index contributed by atoms with van der Waals surface area (Å²) < 4.78 is 13.4. The Kier molecular flexibility index (Phi) is 2.52. The van der Waals surface area contributed by atoms with Crippen molar-refractivity contribution in [2.45, 2.75) is 12.8 Å². The average Bonchev–Trinajstić information content (AvgIpc) is 2.28. The van der Waals surface area contributed by atoms with Gasteiger partial charge in [0, 0.05) is 5.39 Å². The maximum absolute atomic E-state index is 13.4. The van der Waals surface area contributed by atoms with Gasteiger partial charge in [-0.3, -0.25) is 4.79 Å². The van der Waals surface area contributed by atoms with E-state index < -0.39 is 17.7 Å². The lowest BCUT2D eigenvalue weighted by Crippen LogP contribution is -2.10. The standard InChI is InChI=1S/C11H9FN2O2/c1-6(11(15)16)9-7-3-2-4-8(12)10(7)14-5-13-9/h2-6H,1H3,(H,15,16). The summed E-state index contributed by atoms with van der Waals surface area (Å²) in [7, 11) is 0. The molecule has 0 bridgehead atoms. The predicted molar refractivity (Wildman–Crippen MR) is 55.5 cm³/mol. The highest BCUT2D eigenvalue weighted by molar-refractivity contribution is 5.87. The van der Waals surface area contributed by atoms with E-state index in [1.807, 2.05) is 0 Å². The van der Waals surface area contributed by atoms with Gasteiger partial charge in [0.25, 0.3) is 0 Å². The predicted octanol–water partition coefficient (Wildman–Crippen LogP) is 1.96. The minimum absolute atomic E-state index is 0.153. The summed E-state index contributed by atoms with van der Waals surface area (Å²) >= 11 is 0. The smallest absolute Gasteiger partial charge is 0.312 e. The number of para-hydroxylation sites is 1. The summed E-state index contributed by atoms with van der Waals surface area (Å²) in [6, 6.07) is 4.41. The van der Waals surface area contributed by atoms with Crippen molar-refractivity contribution >= 4 is 16.9 Å². The molecule has 16 heavy (non-hydrogen) atoms. The number of benzene rings is 1. The Morgan fingerprint density at radius 1 is 1.44 bits per heavy atom. The average molecular weight is 220 g/mol. The maximum atomic E-state index is 13.4. The molecule has 0 amide bonds. The molecule has 5 heteroatoms. The number of halogens is 1. The van der Waals surface area contributed by atoms with Gasteiger partial charge in [-0.25, -0.2) is 14.4 Å². The Balaban J connectivity index is 2.72. The Labute approximate surface area is 90.8 Å². The summed E-state index contributed by atoms with van der Waals surface area (Å²) in [6.45, 7) is 1.51. The molecule has 0 aliphatic rings. The van der Waals surface area contributed by atoms with E-state index in [0.717, 1.165) is 0 Å². The van der Waals surface area contributed by atoms with Crippen molar-refractivity contribution in [1.82, 2.24) is 9.97 Å². The Bertz CT molecular complexity index is 557. The van der Waals surface area contributed by atoms with Crippen LogP contribution in [0, 0.1) is 5.82 Å². The fourth-order valence-electron chi connectivity index (χ4n) is 1.53. The van der Waals surface area contributed by atoms with Crippen LogP contribution in [0.2, 0.25) is 0 Å². The molecule has 0 aliphatic heterocycles. The minimum atomic E-state index is -0.996. The zero-order valence-electron chi connectivity index (χ0n) is 8.51. The number of rotatable bonds is 2. The van der Waals surface area contributed by atoms with E-state index in [2.05, 4.69) is 9.97 Å². The number of aliphatic carboxylic acids is 1. The fraction of sp³-hybridized carbons (Fsp3) is 0.182. The summed E-state index contributed by atoms with van der Waals surface area (Å²) in [6.07, 6.45) is 1.18. The van der Waals surface area contributed by atoms with Crippen LogP contribution in [0.4, 0.5) is 4.39 Å². The number of carbonyl (C=O) groups is 1. The highest BCUT2D eigenvalue weighted by atomic mass is 19.1. The number of aromatic nitrogens is 2. The highest BCUT2D eigenvalue weighted by Gasteiger charge is 2.19. The van der Waals surface area contributed by atoms with Gasteiger partial charge in [-0.2, -0.15) is 0 Å². The van der Waals surface area contributed by atoms with E-state index in [1.54, 1.807) is 6.07 Å². The van der Waals surface area contributed by atoms with Crippen LogP contribution in [0.5, 0.6) is 0 Å². The first-order chi connectivity index (χ1) is 7.61. The molecule has 0 spiro atoms. The van der Waals surface area contributed by atoms with Gasteiger partial charge >= 0.3 is 5.97 Å². The molecule has 0 saturated heterocycles. The third-order valence-corrected chi connectivity index (χ3v) is 2.43. The van der Waals surface area contributed by atoms with E-state index in [4.69, 9.17) is 5.11 Å². The van der Waals surface area contributed by atoms with Crippen molar-refractivity contribution in [3.05, 3.63) is 36.0 Å². The molecular formula is C11H9FN2O2. The monoisotopic (exact) mass is 220 g/mol. The molecule has 1 N–H and O–H groups in total. The van der Waals surface area contributed by atoms with Crippen LogP contribution in [0.15, 0.2) is 24.5 Å². The second-order valence-electron chi connectivity index (χ2n) is 3.45. The molecule has 1 unspecified atom stereocenters. The molecule has 1 aromatic heterocycles. The first-order valence-corrected chi connectivity index (χ1v) is 4.73. The zero-order valence-corrected chi connectivity index (χ0v) is 8.51. The van der Waals surface area contributed by atoms with E-state index in [1.165, 1.54) is 25.4 Å². The number of fused-ring (bicyclic) bond motifs is 1. The van der Waals surface area contributed by atoms with Crippen molar-refractivity contribution in [3.63, 3.8) is 0 Å². The van der Waals surface area contributed by atoms with Crippen molar-refractivity contribution in [3.8, 4) is 0 Å². The first-order valence-electron chi connectivity index (χ1n) is 4.73. The number of nitrogens with zero attached hydrogens (tertiary/aromatic N) is 2. The largest absolute Gasteiger partial charge is 0.481 e. The molecule has 0 aliphatic carbocycles. The van der Waals surface area contributed by atoms with Crippen molar-refractivity contribution in [2.24, 2.45) is 0 Å². The van der Waals surface area contributed by atoms with E-state index in [0.29, 0.717) is 11.1 Å². The third-order valence-electron chi connectivity index (χ3n) is 2.43. The van der Waals surface area contributed by atoms with Crippen LogP contribution >= 0.6 is 0 Å². The molecule has 2 aromatic rings. The van der Waals surface area contributed by atoms with Crippen LogP contribution in [0.3, 0.4) is 0 Å². The quantitative estimate of drug-likeness (QED) is 0.840. The van der Waals surface area contributed by atoms with Crippen molar-refractivity contribution in [1.29, 1.82) is 0 Å². The highest BCUT2D eigenvalue weighted by Crippen LogP contribution is 2.23. The van der Waals surface area contributed by atoms with Gasteiger partial charge in [0.1, 0.15) is 17.7 Å². The SMILES string of the molecule is CC(C(=O)O)c1ncnc2c(F)cccc12. The molecule has 0 saturated carbocycles. The van der Waals surface area contributed by atoms with Crippen LogP contribution in [-0.2, 0) is 4.79 Å². The van der Waals surface area contributed by atoms with E-state index in [9.17, 15) is 9.18 Å². The first kappa shape index (κ1) is 10.5. The number of hydrogen-bond acceptors (Lipinski definition) is 3. The lowest BCUT2D eigenvalue weighted by atomic mass is 10.0. The molecular weight excluding hydrogens is 211 g/mol. The fourth-order valence-corrected chi connectivity index (χ4v) is 1.53. The molecule has 4 nitrogen and oxygen atoms in total. The summed E-state index contributed by atoms with van der Waals surface area (Å²) in [5.74, 6) is -2.25. The van der Waals surface area contributed by atoms with Crippen LogP contribution in [0.25, 0.3) is 10.9 Å². The topological polar surface area (TPSA) is 63.1 Å². The van der Waals surface area contributed by atoms with Gasteiger partial charge in [-0.05, 0) is 13.0 Å². The third kappa shape index (κ3) is 1.60. The normalized spacial score (nSPS) is 12.6. The van der Waals surface area contributed by atoms with E-state index in [-0.39, 0.29) is 5.52 Å². The van der Waals surface area contributed by atoms with Gasteiger partial charge in [0.05, 0.1) is 11.6 Å².